The third-order valence-corrected chi connectivity index (χ3v) is 2.79. The summed E-state index contributed by atoms with van der Waals surface area (Å²) in [6.07, 6.45) is 0.523. The van der Waals surface area contributed by atoms with Gasteiger partial charge in [0.1, 0.15) is 5.82 Å². The molecule has 0 aromatic heterocycles. The molecule has 0 amide bonds. The second kappa shape index (κ2) is 4.93. The summed E-state index contributed by atoms with van der Waals surface area (Å²) < 4.78 is 18.7. The van der Waals surface area contributed by atoms with Gasteiger partial charge in [-0.2, -0.15) is 0 Å². The summed E-state index contributed by atoms with van der Waals surface area (Å²) in [6.45, 7) is 6.79. The summed E-state index contributed by atoms with van der Waals surface area (Å²) in [5.74, 6) is -0.160. The summed E-state index contributed by atoms with van der Waals surface area (Å²) >= 11 is 0. The van der Waals surface area contributed by atoms with Crippen molar-refractivity contribution < 1.29 is 9.13 Å². The first kappa shape index (κ1) is 11.6. The van der Waals surface area contributed by atoms with Gasteiger partial charge >= 0.3 is 0 Å². The van der Waals surface area contributed by atoms with E-state index in [1.807, 2.05) is 6.07 Å². The van der Waals surface area contributed by atoms with Gasteiger partial charge in [0, 0.05) is 19.6 Å². The Morgan fingerprint density at radius 2 is 2.00 bits per heavy atom. The molecule has 88 valence electrons. The largest absolute Gasteiger partial charge is 0.373 e. The van der Waals surface area contributed by atoms with Crippen molar-refractivity contribution in [3.05, 3.63) is 35.6 Å². The predicted octanol–water partition coefficient (Wildman–Crippen LogP) is 2.43. The zero-order valence-corrected chi connectivity index (χ0v) is 9.82. The van der Waals surface area contributed by atoms with Gasteiger partial charge < -0.3 is 4.74 Å². The number of benzene rings is 1. The highest BCUT2D eigenvalue weighted by atomic mass is 19.1. The molecule has 1 fully saturated rings. The van der Waals surface area contributed by atoms with E-state index in [4.69, 9.17) is 4.74 Å². The molecule has 16 heavy (non-hydrogen) atoms. The second-order valence-electron chi connectivity index (χ2n) is 4.58. The molecule has 0 bridgehead atoms. The summed E-state index contributed by atoms with van der Waals surface area (Å²) in [4.78, 5) is 2.31. The van der Waals surface area contributed by atoms with Crippen molar-refractivity contribution in [3.63, 3.8) is 0 Å². The highest BCUT2D eigenvalue weighted by molar-refractivity contribution is 5.16. The molecule has 1 heterocycles. The molecular formula is C13H18FNO. The summed E-state index contributed by atoms with van der Waals surface area (Å²) in [5, 5.41) is 0. The summed E-state index contributed by atoms with van der Waals surface area (Å²) in [7, 11) is 0. The van der Waals surface area contributed by atoms with Gasteiger partial charge in [-0.25, -0.2) is 4.39 Å². The van der Waals surface area contributed by atoms with Crippen LogP contribution in [0.2, 0.25) is 0 Å². The molecule has 0 N–H and O–H groups in total. The Balaban J connectivity index is 1.98. The molecule has 0 spiro atoms. The van der Waals surface area contributed by atoms with Gasteiger partial charge in [0.05, 0.1) is 12.2 Å². The molecule has 0 saturated carbocycles. The monoisotopic (exact) mass is 223 g/mol. The molecule has 2 rings (SSSR count). The van der Waals surface area contributed by atoms with E-state index in [-0.39, 0.29) is 18.0 Å². The van der Waals surface area contributed by atoms with Gasteiger partial charge in [-0.3, -0.25) is 4.90 Å². The lowest BCUT2D eigenvalue weighted by molar-refractivity contribution is -0.0705. The van der Waals surface area contributed by atoms with E-state index in [2.05, 4.69) is 18.7 Å². The maximum atomic E-state index is 13.0. The minimum atomic E-state index is -0.160. The Hall–Kier alpha value is -0.930. The Kier molecular flexibility index (Phi) is 3.56. The lowest BCUT2D eigenvalue weighted by atomic mass is 10.1. The maximum Gasteiger partial charge on any atom is 0.123 e. The fourth-order valence-corrected chi connectivity index (χ4v) is 2.31. The van der Waals surface area contributed by atoms with E-state index >= 15 is 0 Å². The molecule has 0 radical (unpaired) electrons. The Morgan fingerprint density at radius 3 is 2.62 bits per heavy atom. The van der Waals surface area contributed by atoms with Gasteiger partial charge in [-0.1, -0.05) is 12.1 Å². The minimum Gasteiger partial charge on any atom is -0.373 e. The van der Waals surface area contributed by atoms with E-state index in [0.29, 0.717) is 0 Å². The third kappa shape index (κ3) is 3.03. The highest BCUT2D eigenvalue weighted by Crippen LogP contribution is 2.14. The Labute approximate surface area is 96.0 Å². The molecule has 1 aliphatic rings. The van der Waals surface area contributed by atoms with Crippen LogP contribution in [0.25, 0.3) is 0 Å². The first-order valence-corrected chi connectivity index (χ1v) is 5.76. The number of hydrogen-bond acceptors (Lipinski definition) is 2. The van der Waals surface area contributed by atoms with E-state index in [1.165, 1.54) is 6.07 Å². The van der Waals surface area contributed by atoms with E-state index in [9.17, 15) is 4.39 Å². The fourth-order valence-electron chi connectivity index (χ4n) is 2.31. The van der Waals surface area contributed by atoms with Gasteiger partial charge in [0.2, 0.25) is 0 Å². The zero-order chi connectivity index (χ0) is 11.5. The molecule has 3 heteroatoms. The van der Waals surface area contributed by atoms with Gasteiger partial charge in [-0.15, -0.1) is 0 Å². The van der Waals surface area contributed by atoms with Crippen molar-refractivity contribution in [1.82, 2.24) is 4.90 Å². The number of morpholine rings is 1. The van der Waals surface area contributed by atoms with Crippen LogP contribution in [0.3, 0.4) is 0 Å². The zero-order valence-electron chi connectivity index (χ0n) is 9.82. The van der Waals surface area contributed by atoms with Gasteiger partial charge in [-0.05, 0) is 31.5 Å². The van der Waals surface area contributed by atoms with Crippen molar-refractivity contribution in [2.24, 2.45) is 0 Å². The van der Waals surface area contributed by atoms with Crippen molar-refractivity contribution in [3.8, 4) is 0 Å². The first-order chi connectivity index (χ1) is 7.63. The number of rotatable bonds is 2. The maximum absolute atomic E-state index is 13.0. The van der Waals surface area contributed by atoms with Crippen molar-refractivity contribution >= 4 is 0 Å². The van der Waals surface area contributed by atoms with Crippen LogP contribution >= 0.6 is 0 Å². The molecule has 2 nitrogen and oxygen atoms in total. The van der Waals surface area contributed by atoms with Gasteiger partial charge in [0.15, 0.2) is 0 Å². The van der Waals surface area contributed by atoms with Crippen LogP contribution in [0.4, 0.5) is 4.39 Å². The standard InChI is InChI=1S/C13H18FNO/c1-10-7-15(8-11(2)16-10)9-12-4-3-5-13(14)6-12/h3-6,10-11H,7-9H2,1-2H3/t10-,11+. The van der Waals surface area contributed by atoms with Crippen LogP contribution in [-0.2, 0) is 11.3 Å². The molecule has 2 atom stereocenters. The molecule has 1 aromatic rings. The predicted molar refractivity (Wildman–Crippen MR) is 61.7 cm³/mol. The van der Waals surface area contributed by atoms with Crippen molar-refractivity contribution in [2.45, 2.75) is 32.6 Å². The average Bonchev–Trinajstić information content (AvgIpc) is 2.15. The Bertz CT molecular complexity index is 346. The number of nitrogens with zero attached hydrogens (tertiary/aromatic N) is 1. The average molecular weight is 223 g/mol. The number of halogens is 1. The van der Waals surface area contributed by atoms with Crippen LogP contribution in [0.1, 0.15) is 19.4 Å². The number of hydrogen-bond donors (Lipinski definition) is 0. The van der Waals surface area contributed by atoms with Crippen molar-refractivity contribution in [2.75, 3.05) is 13.1 Å². The smallest absolute Gasteiger partial charge is 0.123 e. The minimum absolute atomic E-state index is 0.160. The SMILES string of the molecule is C[C@@H]1CN(Cc2cccc(F)c2)C[C@H](C)O1. The second-order valence-corrected chi connectivity index (χ2v) is 4.58. The quantitative estimate of drug-likeness (QED) is 0.763. The molecule has 0 unspecified atom stereocenters. The first-order valence-electron chi connectivity index (χ1n) is 5.76. The van der Waals surface area contributed by atoms with Crippen LogP contribution in [0.5, 0.6) is 0 Å². The van der Waals surface area contributed by atoms with Crippen LogP contribution in [-0.4, -0.2) is 30.2 Å². The van der Waals surface area contributed by atoms with Gasteiger partial charge in [0.25, 0.3) is 0 Å². The molecular weight excluding hydrogens is 205 g/mol. The lowest BCUT2D eigenvalue weighted by Crippen LogP contribution is -2.44. The topological polar surface area (TPSA) is 12.5 Å². The molecule has 1 aliphatic heterocycles. The molecule has 1 saturated heterocycles. The Morgan fingerprint density at radius 1 is 1.31 bits per heavy atom. The van der Waals surface area contributed by atoms with E-state index in [1.54, 1.807) is 12.1 Å². The number of ether oxygens (including phenoxy) is 1. The lowest BCUT2D eigenvalue weighted by Gasteiger charge is -2.35. The van der Waals surface area contributed by atoms with Crippen LogP contribution in [0.15, 0.2) is 24.3 Å². The highest BCUT2D eigenvalue weighted by Gasteiger charge is 2.21. The molecule has 0 aliphatic carbocycles. The van der Waals surface area contributed by atoms with E-state index < -0.39 is 0 Å². The molecule has 1 aromatic carbocycles. The van der Waals surface area contributed by atoms with Crippen LogP contribution < -0.4 is 0 Å². The normalized spacial score (nSPS) is 26.9. The van der Waals surface area contributed by atoms with Crippen LogP contribution in [0, 0.1) is 5.82 Å². The third-order valence-electron chi connectivity index (χ3n) is 2.79. The summed E-state index contributed by atoms with van der Waals surface area (Å²) in [5.41, 5.74) is 1.03. The summed E-state index contributed by atoms with van der Waals surface area (Å²) in [6, 6.07) is 6.81. The fraction of sp³-hybridized carbons (Fsp3) is 0.538. The van der Waals surface area contributed by atoms with E-state index in [0.717, 1.165) is 25.2 Å². The van der Waals surface area contributed by atoms with Crippen molar-refractivity contribution in [1.29, 1.82) is 0 Å².